The lowest BCUT2D eigenvalue weighted by atomic mass is 10.2. The van der Waals surface area contributed by atoms with E-state index in [2.05, 4.69) is 0 Å². The normalized spacial score (nSPS) is 19.5. The maximum Gasteiger partial charge on any atom is 0.302 e. The minimum Gasteiger partial charge on any atom is -0.465 e. The average molecular weight is 207 g/mol. The first-order valence-electron chi connectivity index (χ1n) is 3.97. The molecule has 0 saturated heterocycles. The smallest absolute Gasteiger partial charge is 0.302 e. The van der Waals surface area contributed by atoms with Crippen molar-refractivity contribution in [2.75, 3.05) is 12.4 Å². The van der Waals surface area contributed by atoms with Gasteiger partial charge in [-0.15, -0.1) is 0 Å². The van der Waals surface area contributed by atoms with Gasteiger partial charge in [-0.1, -0.05) is 0 Å². The third-order valence-electron chi connectivity index (χ3n) is 2.05. The molecule has 0 amide bonds. The molecule has 6 heteroatoms. The van der Waals surface area contributed by atoms with E-state index in [1.807, 2.05) is 0 Å². The first-order chi connectivity index (χ1) is 5.83. The SMILES string of the molecule is CC(=O)OCC1(CS(N)(=O)=O)CC1. The molecular formula is C7H13NO4S. The number of rotatable bonds is 4. The van der Waals surface area contributed by atoms with E-state index in [4.69, 9.17) is 9.88 Å². The summed E-state index contributed by atoms with van der Waals surface area (Å²) in [5.74, 6) is -0.478. The van der Waals surface area contributed by atoms with Crippen molar-refractivity contribution >= 4 is 16.0 Å². The first kappa shape index (κ1) is 10.5. The van der Waals surface area contributed by atoms with Gasteiger partial charge < -0.3 is 4.74 Å². The van der Waals surface area contributed by atoms with Crippen molar-refractivity contribution < 1.29 is 17.9 Å². The Kier molecular flexibility index (Phi) is 2.63. The molecule has 0 spiro atoms. The van der Waals surface area contributed by atoms with E-state index in [1.165, 1.54) is 6.92 Å². The van der Waals surface area contributed by atoms with Gasteiger partial charge in [-0.25, -0.2) is 13.6 Å². The molecule has 76 valence electrons. The van der Waals surface area contributed by atoms with Gasteiger partial charge in [-0.05, 0) is 12.8 Å². The minimum absolute atomic E-state index is 0.0900. The number of ether oxygens (including phenoxy) is 1. The number of carbonyl (C=O) groups excluding carboxylic acids is 1. The molecule has 0 aromatic heterocycles. The average Bonchev–Trinajstić information content (AvgIpc) is 2.62. The maximum atomic E-state index is 10.8. The fourth-order valence-electron chi connectivity index (χ4n) is 1.19. The Bertz CT molecular complexity index is 304. The van der Waals surface area contributed by atoms with E-state index in [1.54, 1.807) is 0 Å². The standard InChI is InChI=1S/C7H13NO4S/c1-6(9)12-4-7(2-3-7)5-13(8,10)11/h2-5H2,1H3,(H2,8,10,11). The summed E-state index contributed by atoms with van der Waals surface area (Å²) in [7, 11) is -3.46. The van der Waals surface area contributed by atoms with Gasteiger partial charge in [0, 0.05) is 12.3 Å². The van der Waals surface area contributed by atoms with Crippen molar-refractivity contribution in [2.24, 2.45) is 10.6 Å². The highest BCUT2D eigenvalue weighted by Gasteiger charge is 2.46. The summed E-state index contributed by atoms with van der Waals surface area (Å²) in [5.41, 5.74) is -0.390. The molecule has 0 bridgehead atoms. The Balaban J connectivity index is 2.44. The molecule has 0 radical (unpaired) electrons. The second-order valence-electron chi connectivity index (χ2n) is 3.59. The van der Waals surface area contributed by atoms with Gasteiger partial charge in [0.25, 0.3) is 0 Å². The van der Waals surface area contributed by atoms with Crippen LogP contribution in [0.1, 0.15) is 19.8 Å². The van der Waals surface area contributed by atoms with Gasteiger partial charge in [-0.2, -0.15) is 0 Å². The molecule has 0 aliphatic heterocycles. The Morgan fingerprint density at radius 3 is 2.38 bits per heavy atom. The number of primary sulfonamides is 1. The van der Waals surface area contributed by atoms with Crippen molar-refractivity contribution in [3.05, 3.63) is 0 Å². The zero-order chi connectivity index (χ0) is 10.1. The lowest BCUT2D eigenvalue weighted by molar-refractivity contribution is -0.142. The van der Waals surface area contributed by atoms with Crippen molar-refractivity contribution in [1.82, 2.24) is 0 Å². The zero-order valence-electron chi connectivity index (χ0n) is 7.45. The summed E-state index contributed by atoms with van der Waals surface area (Å²) in [6.45, 7) is 1.46. The van der Waals surface area contributed by atoms with Gasteiger partial charge >= 0.3 is 5.97 Å². The van der Waals surface area contributed by atoms with Crippen LogP contribution in [-0.2, 0) is 19.6 Å². The summed E-state index contributed by atoms with van der Waals surface area (Å²) >= 11 is 0. The summed E-state index contributed by atoms with van der Waals surface area (Å²) in [6.07, 6.45) is 1.52. The lowest BCUT2D eigenvalue weighted by Crippen LogP contribution is -2.27. The van der Waals surface area contributed by atoms with Crippen LogP contribution in [0.25, 0.3) is 0 Å². The minimum atomic E-state index is -3.46. The van der Waals surface area contributed by atoms with Gasteiger partial charge in [0.1, 0.15) is 0 Å². The Hall–Kier alpha value is -0.620. The molecule has 0 aromatic rings. The maximum absolute atomic E-state index is 10.8. The fourth-order valence-corrected chi connectivity index (χ4v) is 2.41. The van der Waals surface area contributed by atoms with Crippen LogP contribution in [0.3, 0.4) is 0 Å². The molecule has 0 unspecified atom stereocenters. The number of hydrogen-bond acceptors (Lipinski definition) is 4. The topological polar surface area (TPSA) is 86.5 Å². The zero-order valence-corrected chi connectivity index (χ0v) is 8.26. The highest BCUT2D eigenvalue weighted by atomic mass is 32.2. The van der Waals surface area contributed by atoms with E-state index in [-0.39, 0.29) is 23.7 Å². The Morgan fingerprint density at radius 1 is 1.54 bits per heavy atom. The van der Waals surface area contributed by atoms with Gasteiger partial charge in [-0.3, -0.25) is 4.79 Å². The number of esters is 1. The highest BCUT2D eigenvalue weighted by Crippen LogP contribution is 2.46. The Morgan fingerprint density at radius 2 is 2.08 bits per heavy atom. The van der Waals surface area contributed by atoms with Crippen LogP contribution in [0.2, 0.25) is 0 Å². The molecule has 0 heterocycles. The molecule has 0 aromatic carbocycles. The second-order valence-corrected chi connectivity index (χ2v) is 5.20. The van der Waals surface area contributed by atoms with E-state index in [9.17, 15) is 13.2 Å². The number of carbonyl (C=O) groups is 1. The molecule has 1 rings (SSSR count). The first-order valence-corrected chi connectivity index (χ1v) is 5.68. The van der Waals surface area contributed by atoms with Crippen LogP contribution in [0, 0.1) is 5.41 Å². The molecule has 5 nitrogen and oxygen atoms in total. The second kappa shape index (κ2) is 3.26. The quantitative estimate of drug-likeness (QED) is 0.636. The van der Waals surface area contributed by atoms with Gasteiger partial charge in [0.2, 0.25) is 10.0 Å². The molecule has 0 atom stereocenters. The third kappa shape index (κ3) is 3.73. The number of sulfonamides is 1. The predicted octanol–water partition coefficient (Wildman–Crippen LogP) is -0.382. The molecule has 1 saturated carbocycles. The number of hydrogen-bond donors (Lipinski definition) is 1. The van der Waals surface area contributed by atoms with Crippen molar-refractivity contribution in [2.45, 2.75) is 19.8 Å². The lowest BCUT2D eigenvalue weighted by Gasteiger charge is -2.12. The molecular weight excluding hydrogens is 194 g/mol. The highest BCUT2D eigenvalue weighted by molar-refractivity contribution is 7.89. The van der Waals surface area contributed by atoms with E-state index in [0.717, 1.165) is 12.8 Å². The van der Waals surface area contributed by atoms with Gasteiger partial charge in [0.05, 0.1) is 12.4 Å². The summed E-state index contributed by atoms with van der Waals surface area (Å²) < 4.78 is 26.3. The van der Waals surface area contributed by atoms with E-state index >= 15 is 0 Å². The summed E-state index contributed by atoms with van der Waals surface area (Å²) in [6, 6.07) is 0. The van der Waals surface area contributed by atoms with Crippen LogP contribution in [-0.4, -0.2) is 26.7 Å². The van der Waals surface area contributed by atoms with E-state index < -0.39 is 10.0 Å². The fraction of sp³-hybridized carbons (Fsp3) is 0.857. The van der Waals surface area contributed by atoms with Crippen LogP contribution < -0.4 is 5.14 Å². The Labute approximate surface area is 77.3 Å². The third-order valence-corrected chi connectivity index (χ3v) is 3.06. The monoisotopic (exact) mass is 207 g/mol. The van der Waals surface area contributed by atoms with Crippen LogP contribution in [0.4, 0.5) is 0 Å². The number of nitrogens with two attached hydrogens (primary N) is 1. The molecule has 13 heavy (non-hydrogen) atoms. The molecule has 2 N–H and O–H groups in total. The largest absolute Gasteiger partial charge is 0.465 e. The molecule has 1 aliphatic carbocycles. The van der Waals surface area contributed by atoms with Gasteiger partial charge in [0.15, 0.2) is 0 Å². The van der Waals surface area contributed by atoms with Crippen molar-refractivity contribution in [3.63, 3.8) is 0 Å². The predicted molar refractivity (Wildman–Crippen MR) is 46.3 cm³/mol. The van der Waals surface area contributed by atoms with Crippen molar-refractivity contribution in [1.29, 1.82) is 0 Å². The van der Waals surface area contributed by atoms with Crippen LogP contribution >= 0.6 is 0 Å². The molecule has 1 aliphatic rings. The van der Waals surface area contributed by atoms with E-state index in [0.29, 0.717) is 0 Å². The van der Waals surface area contributed by atoms with Crippen LogP contribution in [0.15, 0.2) is 0 Å². The van der Waals surface area contributed by atoms with Crippen LogP contribution in [0.5, 0.6) is 0 Å². The summed E-state index contributed by atoms with van der Waals surface area (Å²) in [4.78, 5) is 10.5. The summed E-state index contributed by atoms with van der Waals surface area (Å²) in [5, 5.41) is 4.90. The molecule has 1 fully saturated rings. The van der Waals surface area contributed by atoms with Crippen molar-refractivity contribution in [3.8, 4) is 0 Å².